The number of pyridine rings is 1. The average Bonchev–Trinajstić information content (AvgIpc) is 3.40. The molecule has 0 saturated carbocycles. The van der Waals surface area contributed by atoms with Crippen LogP contribution in [0.4, 0.5) is 5.69 Å². The molecule has 0 radical (unpaired) electrons. The Balaban J connectivity index is 1.52. The van der Waals surface area contributed by atoms with Crippen LogP contribution in [0.5, 0.6) is 0 Å². The largest absolute Gasteiger partial charge is 0.321 e. The lowest BCUT2D eigenvalue weighted by atomic mass is 10.0. The summed E-state index contributed by atoms with van der Waals surface area (Å²) in [5.74, 6) is 0.570. The maximum absolute atomic E-state index is 13.6. The van der Waals surface area contributed by atoms with Gasteiger partial charge in [0.05, 0.1) is 19.9 Å². The van der Waals surface area contributed by atoms with Gasteiger partial charge >= 0.3 is 0 Å². The number of halogens is 2. The Hall–Kier alpha value is -4.44. The second-order valence-corrected chi connectivity index (χ2v) is 11.2. The third-order valence-corrected chi connectivity index (χ3v) is 8.60. The van der Waals surface area contributed by atoms with Crippen LogP contribution in [0.1, 0.15) is 5.56 Å². The van der Waals surface area contributed by atoms with Gasteiger partial charge in [0.2, 0.25) is 0 Å². The molecule has 0 bridgehead atoms. The van der Waals surface area contributed by atoms with Gasteiger partial charge in [-0.3, -0.25) is 14.9 Å². The number of benzene rings is 4. The van der Waals surface area contributed by atoms with Crippen LogP contribution in [-0.4, -0.2) is 24.7 Å². The number of rotatable bonds is 8. The van der Waals surface area contributed by atoms with Gasteiger partial charge in [-0.25, -0.2) is 0 Å². The van der Waals surface area contributed by atoms with Gasteiger partial charge in [0.1, 0.15) is 0 Å². The molecule has 8 nitrogen and oxygen atoms in total. The number of nitrogens with zero attached hydrogens (tertiary/aromatic N) is 4. The second kappa shape index (κ2) is 11.8. The molecule has 0 atom stereocenters. The molecule has 1 N–H and O–H groups in total. The highest BCUT2D eigenvalue weighted by atomic mass is 35.5. The number of nitro benzene ring substituents is 1. The van der Waals surface area contributed by atoms with Crippen LogP contribution >= 0.6 is 35.0 Å². The molecule has 0 spiro atoms. The summed E-state index contributed by atoms with van der Waals surface area (Å²) in [5, 5.41) is 22.5. The van der Waals surface area contributed by atoms with Crippen LogP contribution in [0.15, 0.2) is 112 Å². The summed E-state index contributed by atoms with van der Waals surface area (Å²) in [6.45, 7) is 0.520. The minimum atomic E-state index is -0.449. The van der Waals surface area contributed by atoms with Crippen molar-refractivity contribution in [3.8, 4) is 22.5 Å². The molecule has 0 aliphatic carbocycles. The average molecular weight is 615 g/mol. The first kappa shape index (κ1) is 27.7. The van der Waals surface area contributed by atoms with Crippen LogP contribution in [-0.2, 0) is 13.0 Å². The van der Waals surface area contributed by atoms with Crippen molar-refractivity contribution in [2.75, 3.05) is 0 Å². The van der Waals surface area contributed by atoms with E-state index in [0.717, 1.165) is 16.7 Å². The first-order valence-electron chi connectivity index (χ1n) is 12.9. The molecule has 6 rings (SSSR count). The lowest BCUT2D eigenvalue weighted by molar-refractivity contribution is -0.384. The highest BCUT2D eigenvalue weighted by molar-refractivity contribution is 7.99. The predicted octanol–water partition coefficient (Wildman–Crippen LogP) is 8.06. The van der Waals surface area contributed by atoms with E-state index in [1.54, 1.807) is 18.2 Å². The smallest absolute Gasteiger partial charge is 0.270 e. The number of nitrogens with one attached hydrogen (secondary N) is 1. The van der Waals surface area contributed by atoms with Gasteiger partial charge in [-0.15, -0.1) is 10.2 Å². The fourth-order valence-corrected chi connectivity index (χ4v) is 6.08. The van der Waals surface area contributed by atoms with E-state index < -0.39 is 4.92 Å². The molecule has 0 aliphatic heterocycles. The molecule has 6 aromatic rings. The van der Waals surface area contributed by atoms with E-state index in [2.05, 4.69) is 15.2 Å². The van der Waals surface area contributed by atoms with Crippen molar-refractivity contribution in [1.29, 1.82) is 0 Å². The van der Waals surface area contributed by atoms with Gasteiger partial charge in [-0.1, -0.05) is 83.9 Å². The number of H-pyrrole nitrogens is 1. The highest BCUT2D eigenvalue weighted by Crippen LogP contribution is 2.39. The Morgan fingerprint density at radius 3 is 2.31 bits per heavy atom. The molecular weight excluding hydrogens is 593 g/mol. The molecule has 0 saturated heterocycles. The molecule has 42 heavy (non-hydrogen) atoms. The summed E-state index contributed by atoms with van der Waals surface area (Å²) in [6, 6.07) is 29.0. The Morgan fingerprint density at radius 1 is 0.857 bits per heavy atom. The van der Waals surface area contributed by atoms with E-state index in [4.69, 9.17) is 23.2 Å². The highest BCUT2D eigenvalue weighted by Gasteiger charge is 2.22. The van der Waals surface area contributed by atoms with E-state index in [1.165, 1.54) is 23.9 Å². The van der Waals surface area contributed by atoms with Crippen LogP contribution in [0, 0.1) is 10.1 Å². The summed E-state index contributed by atoms with van der Waals surface area (Å²) in [6.07, 6.45) is 0.687. The number of aromatic amines is 1. The van der Waals surface area contributed by atoms with Gasteiger partial charge in [-0.2, -0.15) is 0 Å². The number of nitro groups is 1. The molecule has 2 heterocycles. The maximum Gasteiger partial charge on any atom is 0.270 e. The topological polar surface area (TPSA) is 107 Å². The first-order chi connectivity index (χ1) is 20.4. The van der Waals surface area contributed by atoms with E-state index in [9.17, 15) is 14.9 Å². The van der Waals surface area contributed by atoms with Crippen molar-refractivity contribution < 1.29 is 4.92 Å². The van der Waals surface area contributed by atoms with Crippen LogP contribution < -0.4 is 5.56 Å². The number of hydrogen-bond acceptors (Lipinski definition) is 6. The minimum absolute atomic E-state index is 0.0735. The number of hydrogen-bond donors (Lipinski definition) is 1. The summed E-state index contributed by atoms with van der Waals surface area (Å²) >= 11 is 13.7. The molecule has 2 aromatic heterocycles. The monoisotopic (exact) mass is 613 g/mol. The molecule has 0 aliphatic rings. The summed E-state index contributed by atoms with van der Waals surface area (Å²) < 4.78 is 1.95. The lowest BCUT2D eigenvalue weighted by Crippen LogP contribution is -2.12. The van der Waals surface area contributed by atoms with Crippen molar-refractivity contribution in [1.82, 2.24) is 19.7 Å². The van der Waals surface area contributed by atoms with Crippen molar-refractivity contribution in [2.45, 2.75) is 23.0 Å². The molecule has 0 unspecified atom stereocenters. The van der Waals surface area contributed by atoms with Crippen LogP contribution in [0.2, 0.25) is 10.0 Å². The zero-order chi connectivity index (χ0) is 29.2. The van der Waals surface area contributed by atoms with E-state index in [0.29, 0.717) is 55.4 Å². The second-order valence-electron chi connectivity index (χ2n) is 9.44. The summed E-state index contributed by atoms with van der Waals surface area (Å²) in [4.78, 5) is 28.0. The van der Waals surface area contributed by atoms with E-state index >= 15 is 0 Å². The summed E-state index contributed by atoms with van der Waals surface area (Å²) in [7, 11) is 0. The first-order valence-corrected chi connectivity index (χ1v) is 14.5. The fourth-order valence-electron chi connectivity index (χ4n) is 4.76. The zero-order valence-electron chi connectivity index (χ0n) is 21.8. The van der Waals surface area contributed by atoms with E-state index in [1.807, 2.05) is 71.3 Å². The Morgan fingerprint density at radius 2 is 1.60 bits per heavy atom. The number of aryl methyl sites for hydroxylation is 1. The van der Waals surface area contributed by atoms with Gasteiger partial charge in [-0.05, 0) is 53.6 Å². The standard InChI is InChI=1S/C31H21Cl2N5O3S/c32-24-13-11-21(17-25(24)33)29-35-36-31(37(29)16-15-19-7-3-1-4-8-19)42-28-27(20-9-5-2-6-10-20)23-18-22(38(40)41)12-14-26(23)34-30(28)39/h1-14,17-18H,15-16H2,(H,34,39). The Bertz CT molecular complexity index is 2000. The van der Waals surface area contributed by atoms with Gasteiger partial charge in [0.15, 0.2) is 11.0 Å². The maximum atomic E-state index is 13.6. The number of fused-ring (bicyclic) bond motifs is 1. The number of aromatic nitrogens is 4. The zero-order valence-corrected chi connectivity index (χ0v) is 24.2. The SMILES string of the molecule is O=c1[nH]c2ccc([N+](=O)[O-])cc2c(-c2ccccc2)c1Sc1nnc(-c2ccc(Cl)c(Cl)c2)n1CCc1ccccc1. The van der Waals surface area contributed by atoms with Gasteiger partial charge in [0.25, 0.3) is 11.2 Å². The third kappa shape index (κ3) is 5.54. The normalized spacial score (nSPS) is 11.2. The fraction of sp³-hybridized carbons (Fsp3) is 0.0645. The predicted molar refractivity (Wildman–Crippen MR) is 166 cm³/mol. The van der Waals surface area contributed by atoms with Crippen molar-refractivity contribution in [3.63, 3.8) is 0 Å². The van der Waals surface area contributed by atoms with Crippen molar-refractivity contribution in [2.24, 2.45) is 0 Å². The molecular formula is C31H21Cl2N5O3S. The van der Waals surface area contributed by atoms with Crippen molar-refractivity contribution in [3.05, 3.63) is 133 Å². The molecule has 208 valence electrons. The lowest BCUT2D eigenvalue weighted by Gasteiger charge is -2.14. The van der Waals surface area contributed by atoms with Gasteiger partial charge < -0.3 is 9.55 Å². The Labute approximate surface area is 254 Å². The Kier molecular flexibility index (Phi) is 7.80. The minimum Gasteiger partial charge on any atom is -0.321 e. The molecule has 11 heteroatoms. The van der Waals surface area contributed by atoms with Gasteiger partial charge in [0, 0.05) is 40.7 Å². The number of non-ortho nitro benzene ring substituents is 1. The molecule has 0 fully saturated rings. The quantitative estimate of drug-likeness (QED) is 0.137. The molecule has 4 aromatic carbocycles. The van der Waals surface area contributed by atoms with Crippen LogP contribution in [0.3, 0.4) is 0 Å². The van der Waals surface area contributed by atoms with E-state index in [-0.39, 0.29) is 11.2 Å². The summed E-state index contributed by atoms with van der Waals surface area (Å²) in [5.41, 5.74) is 3.26. The molecule has 0 amide bonds. The van der Waals surface area contributed by atoms with Crippen molar-refractivity contribution >= 4 is 51.6 Å². The third-order valence-electron chi connectivity index (χ3n) is 6.78. The van der Waals surface area contributed by atoms with Crippen LogP contribution in [0.25, 0.3) is 33.4 Å².